The lowest BCUT2D eigenvalue weighted by Crippen LogP contribution is -2.32. The molecule has 0 fully saturated rings. The summed E-state index contributed by atoms with van der Waals surface area (Å²) in [6.07, 6.45) is 1.37. The Bertz CT molecular complexity index is 1220. The Morgan fingerprint density at radius 2 is 1.68 bits per heavy atom. The third kappa shape index (κ3) is 6.63. The van der Waals surface area contributed by atoms with Crippen molar-refractivity contribution in [1.29, 1.82) is 0 Å². The molecule has 0 heterocycles. The van der Waals surface area contributed by atoms with Crippen molar-refractivity contribution in [3.05, 3.63) is 81.8 Å². The van der Waals surface area contributed by atoms with Crippen molar-refractivity contribution in [3.63, 3.8) is 0 Å². The second-order valence-corrected chi connectivity index (χ2v) is 7.63. The third-order valence-corrected chi connectivity index (χ3v) is 5.11. The zero-order chi connectivity index (χ0) is 24.5. The molecule has 0 spiro atoms. The molecule has 3 rings (SSSR count). The average Bonchev–Trinajstić information content (AvgIpc) is 2.84. The Labute approximate surface area is 206 Å². The number of nitrogens with zero attached hydrogens (tertiary/aromatic N) is 1. The molecule has 2 amide bonds. The van der Waals surface area contributed by atoms with Crippen LogP contribution in [0.4, 0.5) is 5.69 Å². The molecule has 0 radical (unpaired) electrons. The van der Waals surface area contributed by atoms with Crippen LogP contribution in [-0.4, -0.2) is 32.2 Å². The van der Waals surface area contributed by atoms with Gasteiger partial charge >= 0.3 is 11.8 Å². The Morgan fingerprint density at radius 3 is 2.41 bits per heavy atom. The zero-order valence-corrected chi connectivity index (χ0v) is 19.8. The van der Waals surface area contributed by atoms with Gasteiger partial charge in [0.1, 0.15) is 12.4 Å². The Balaban J connectivity index is 1.59. The van der Waals surface area contributed by atoms with Crippen molar-refractivity contribution >= 4 is 46.9 Å². The topological polar surface area (TPSA) is 98.2 Å². The third-order valence-electron chi connectivity index (χ3n) is 4.53. The van der Waals surface area contributed by atoms with Crippen molar-refractivity contribution < 1.29 is 23.8 Å². The fourth-order valence-corrected chi connectivity index (χ4v) is 3.28. The molecule has 10 heteroatoms. The molecule has 34 heavy (non-hydrogen) atoms. The highest BCUT2D eigenvalue weighted by atomic mass is 35.5. The number of rotatable bonds is 8. The number of hydrogen-bond acceptors (Lipinski definition) is 6. The number of para-hydroxylation sites is 2. The summed E-state index contributed by atoms with van der Waals surface area (Å²) in [5.41, 5.74) is 3.93. The van der Waals surface area contributed by atoms with Gasteiger partial charge < -0.3 is 19.5 Å². The summed E-state index contributed by atoms with van der Waals surface area (Å²) < 4.78 is 16.3. The van der Waals surface area contributed by atoms with Crippen LogP contribution in [0.15, 0.2) is 65.8 Å². The number of halogens is 2. The van der Waals surface area contributed by atoms with Crippen LogP contribution in [0.1, 0.15) is 11.1 Å². The highest BCUT2D eigenvalue weighted by Crippen LogP contribution is 2.30. The highest BCUT2D eigenvalue weighted by Gasteiger charge is 2.15. The van der Waals surface area contributed by atoms with Crippen molar-refractivity contribution in [2.24, 2.45) is 5.10 Å². The van der Waals surface area contributed by atoms with Gasteiger partial charge in [0.2, 0.25) is 0 Å². The molecule has 0 saturated heterocycles. The second-order valence-electron chi connectivity index (χ2n) is 6.79. The lowest BCUT2D eigenvalue weighted by atomic mass is 10.2. The van der Waals surface area contributed by atoms with Gasteiger partial charge in [-0.15, -0.1) is 0 Å². The number of hydrogen-bond donors (Lipinski definition) is 2. The van der Waals surface area contributed by atoms with Crippen LogP contribution in [0.2, 0.25) is 10.0 Å². The van der Waals surface area contributed by atoms with Crippen LogP contribution in [0.25, 0.3) is 0 Å². The van der Waals surface area contributed by atoms with E-state index in [2.05, 4.69) is 15.8 Å². The van der Waals surface area contributed by atoms with Crippen molar-refractivity contribution in [3.8, 4) is 17.2 Å². The molecular weight excluding hydrogens is 481 g/mol. The van der Waals surface area contributed by atoms with E-state index in [1.807, 2.05) is 0 Å². The maximum Gasteiger partial charge on any atom is 0.329 e. The predicted molar refractivity (Wildman–Crippen MR) is 131 cm³/mol. The van der Waals surface area contributed by atoms with E-state index in [4.69, 9.17) is 37.4 Å². The van der Waals surface area contributed by atoms with Crippen LogP contribution in [-0.2, 0) is 16.2 Å². The Morgan fingerprint density at radius 1 is 0.912 bits per heavy atom. The molecule has 0 aliphatic heterocycles. The molecule has 0 atom stereocenters. The first-order valence-electron chi connectivity index (χ1n) is 9.93. The maximum atomic E-state index is 12.1. The first kappa shape index (κ1) is 24.9. The van der Waals surface area contributed by atoms with Gasteiger partial charge in [-0.2, -0.15) is 5.10 Å². The molecule has 0 unspecified atom stereocenters. The van der Waals surface area contributed by atoms with E-state index >= 15 is 0 Å². The average molecular weight is 502 g/mol. The minimum atomic E-state index is -0.936. The fraction of sp³-hybridized carbons (Fsp3) is 0.125. The molecule has 176 valence electrons. The van der Waals surface area contributed by atoms with Crippen molar-refractivity contribution in [2.45, 2.75) is 6.61 Å². The van der Waals surface area contributed by atoms with E-state index in [0.29, 0.717) is 38.5 Å². The van der Waals surface area contributed by atoms with Crippen LogP contribution in [0.5, 0.6) is 17.2 Å². The van der Waals surface area contributed by atoms with E-state index in [0.717, 1.165) is 5.56 Å². The van der Waals surface area contributed by atoms with Crippen molar-refractivity contribution in [1.82, 2.24) is 5.43 Å². The van der Waals surface area contributed by atoms with E-state index in [-0.39, 0.29) is 6.61 Å². The van der Waals surface area contributed by atoms with Crippen LogP contribution >= 0.6 is 23.2 Å². The first-order chi connectivity index (χ1) is 16.4. The van der Waals surface area contributed by atoms with Gasteiger partial charge in [0.15, 0.2) is 11.5 Å². The molecule has 0 saturated carbocycles. The van der Waals surface area contributed by atoms with Gasteiger partial charge in [0, 0.05) is 15.6 Å². The van der Waals surface area contributed by atoms with Crippen LogP contribution in [0, 0.1) is 0 Å². The van der Waals surface area contributed by atoms with E-state index in [1.165, 1.54) is 20.4 Å². The molecule has 0 bridgehead atoms. The predicted octanol–water partition coefficient (Wildman–Crippen LogP) is 4.68. The van der Waals surface area contributed by atoms with Gasteiger partial charge in [-0.25, -0.2) is 5.43 Å². The standard InChI is InChI=1S/C24H21Cl2N3O5/c1-32-20-6-4-3-5-19(20)28-23(30)24(31)29-27-13-15-7-10-21(22(11-15)33-2)34-14-16-8-9-17(25)12-18(16)26/h3-13H,14H2,1-2H3,(H,28,30)(H,29,31)/b27-13+. The molecule has 3 aromatic rings. The summed E-state index contributed by atoms with van der Waals surface area (Å²) in [4.78, 5) is 24.1. The molecule has 0 aliphatic carbocycles. The number of methoxy groups -OCH3 is 2. The van der Waals surface area contributed by atoms with E-state index in [9.17, 15) is 9.59 Å². The number of ether oxygens (including phenoxy) is 3. The molecular formula is C24H21Cl2N3O5. The van der Waals surface area contributed by atoms with Gasteiger partial charge in [0.25, 0.3) is 0 Å². The Kier molecular flexibility index (Phi) is 8.73. The molecule has 3 aromatic carbocycles. The van der Waals surface area contributed by atoms with Gasteiger partial charge in [-0.05, 0) is 48.0 Å². The molecule has 8 nitrogen and oxygen atoms in total. The number of carbonyl (C=O) groups excluding carboxylic acids is 2. The maximum absolute atomic E-state index is 12.1. The molecule has 2 N–H and O–H groups in total. The van der Waals surface area contributed by atoms with Gasteiger partial charge in [0.05, 0.1) is 26.1 Å². The summed E-state index contributed by atoms with van der Waals surface area (Å²) in [5, 5.41) is 7.33. The van der Waals surface area contributed by atoms with Crippen molar-refractivity contribution in [2.75, 3.05) is 19.5 Å². The number of hydrazone groups is 1. The van der Waals surface area contributed by atoms with E-state index in [1.54, 1.807) is 60.7 Å². The fourth-order valence-electron chi connectivity index (χ4n) is 2.82. The summed E-state index contributed by atoms with van der Waals surface area (Å²) in [7, 11) is 2.97. The largest absolute Gasteiger partial charge is 0.495 e. The quantitative estimate of drug-likeness (QED) is 0.265. The number of anilines is 1. The monoisotopic (exact) mass is 501 g/mol. The minimum Gasteiger partial charge on any atom is -0.495 e. The Hall–Kier alpha value is -3.75. The lowest BCUT2D eigenvalue weighted by Gasteiger charge is -2.12. The first-order valence-corrected chi connectivity index (χ1v) is 10.7. The van der Waals surface area contributed by atoms with E-state index < -0.39 is 11.8 Å². The number of nitrogens with one attached hydrogen (secondary N) is 2. The zero-order valence-electron chi connectivity index (χ0n) is 18.3. The molecule has 0 aromatic heterocycles. The van der Waals surface area contributed by atoms with Gasteiger partial charge in [-0.3, -0.25) is 9.59 Å². The van der Waals surface area contributed by atoms with Crippen LogP contribution < -0.4 is 25.0 Å². The lowest BCUT2D eigenvalue weighted by molar-refractivity contribution is -0.136. The van der Waals surface area contributed by atoms with Gasteiger partial charge in [-0.1, -0.05) is 41.4 Å². The number of benzene rings is 3. The smallest absolute Gasteiger partial charge is 0.329 e. The number of amides is 2. The summed E-state index contributed by atoms with van der Waals surface area (Å²) in [5.74, 6) is -0.446. The summed E-state index contributed by atoms with van der Waals surface area (Å²) in [6.45, 7) is 0.219. The minimum absolute atomic E-state index is 0.219. The summed E-state index contributed by atoms with van der Waals surface area (Å²) >= 11 is 12.1. The highest BCUT2D eigenvalue weighted by molar-refractivity contribution is 6.39. The SMILES string of the molecule is COc1ccccc1NC(=O)C(=O)N/N=C/c1ccc(OCc2ccc(Cl)cc2Cl)c(OC)c1. The van der Waals surface area contributed by atoms with Crippen LogP contribution in [0.3, 0.4) is 0 Å². The number of carbonyl (C=O) groups is 2. The molecule has 0 aliphatic rings. The second kappa shape index (κ2) is 11.9. The summed E-state index contributed by atoms with van der Waals surface area (Å²) in [6, 6.07) is 17.0. The normalized spacial score (nSPS) is 10.6.